The van der Waals surface area contributed by atoms with Gasteiger partial charge in [-0.2, -0.15) is 0 Å². The van der Waals surface area contributed by atoms with Gasteiger partial charge in [-0.25, -0.2) is 9.13 Å². The van der Waals surface area contributed by atoms with E-state index in [9.17, 15) is 43.2 Å². The fourth-order valence-electron chi connectivity index (χ4n) is 15.0. The highest BCUT2D eigenvalue weighted by Gasteiger charge is 2.31. The molecule has 0 aromatic heterocycles. The summed E-state index contributed by atoms with van der Waals surface area (Å²) in [5.74, 6) is -0.567. The molecule has 0 rings (SSSR count). The van der Waals surface area contributed by atoms with Crippen molar-refractivity contribution in [3.05, 3.63) is 0 Å². The highest BCUT2D eigenvalue weighted by Crippen LogP contribution is 2.45. The van der Waals surface area contributed by atoms with Crippen molar-refractivity contribution in [2.45, 2.75) is 535 Å². The van der Waals surface area contributed by atoms with Crippen molar-refractivity contribution < 1.29 is 80.2 Å². The normalized spacial score (nSPS) is 13.7. The number of rotatable bonds is 94. The fourth-order valence-corrected chi connectivity index (χ4v) is 16.6. The lowest BCUT2D eigenvalue weighted by molar-refractivity contribution is -0.161. The summed E-state index contributed by atoms with van der Waals surface area (Å²) in [6, 6.07) is 0. The van der Waals surface area contributed by atoms with Gasteiger partial charge in [0.05, 0.1) is 26.4 Å². The molecule has 0 aliphatic rings. The molecule has 0 aromatic rings. The number of esters is 4. The lowest BCUT2D eigenvalue weighted by Gasteiger charge is -2.21. The first kappa shape index (κ1) is 112. The molecule has 3 N–H and O–H groups in total. The summed E-state index contributed by atoms with van der Waals surface area (Å²) in [6.07, 6.45) is 82.4. The number of aliphatic hydroxyl groups excluding tert-OH is 1. The van der Waals surface area contributed by atoms with Crippen molar-refractivity contribution in [2.75, 3.05) is 39.6 Å². The maximum absolute atomic E-state index is 13.2. The van der Waals surface area contributed by atoms with E-state index in [1.807, 2.05) is 0 Å². The van der Waals surface area contributed by atoms with Crippen molar-refractivity contribution in [1.82, 2.24) is 0 Å². The van der Waals surface area contributed by atoms with E-state index in [1.165, 1.54) is 327 Å². The Bertz CT molecular complexity index is 2170. The van der Waals surface area contributed by atoms with Crippen LogP contribution in [0.25, 0.3) is 0 Å². The van der Waals surface area contributed by atoms with Gasteiger partial charge in [0, 0.05) is 25.7 Å². The first-order chi connectivity index (χ1) is 55.4. The van der Waals surface area contributed by atoms with Crippen molar-refractivity contribution in [3.8, 4) is 0 Å². The fraction of sp³-hybridized carbons (Fsp3) is 0.958. The number of ether oxygens (including phenoxy) is 4. The predicted molar refractivity (Wildman–Crippen MR) is 474 cm³/mol. The van der Waals surface area contributed by atoms with Crippen molar-refractivity contribution >= 4 is 39.5 Å². The van der Waals surface area contributed by atoms with Crippen LogP contribution in [0.4, 0.5) is 0 Å². The Morgan fingerprint density at radius 1 is 0.237 bits per heavy atom. The Morgan fingerprint density at radius 2 is 0.404 bits per heavy atom. The first-order valence-corrected chi connectivity index (χ1v) is 52.0. The van der Waals surface area contributed by atoms with E-state index in [-0.39, 0.29) is 25.7 Å². The molecular weight excluding hydrogens is 1470 g/mol. The van der Waals surface area contributed by atoms with E-state index in [4.69, 9.17) is 37.0 Å². The Hall–Kier alpha value is -1.94. The topological polar surface area (TPSA) is 237 Å². The van der Waals surface area contributed by atoms with Crippen LogP contribution >= 0.6 is 15.6 Å². The van der Waals surface area contributed by atoms with Crippen LogP contribution in [0.3, 0.4) is 0 Å². The molecule has 114 heavy (non-hydrogen) atoms. The van der Waals surface area contributed by atoms with Crippen LogP contribution in [0.1, 0.15) is 517 Å². The molecule has 0 radical (unpaired) electrons. The SMILES string of the molecule is CCCCCCCCCCCCCCCCCCCCCCCCC(=O)O[C@H](COC(=O)CCCCCCCCCCCCCCCCCCCCC(C)C)COP(=O)(O)OC[C@@H](O)COP(=O)(O)OC[C@@H](COC(=O)CCCCCCCCCC(C)C)OC(=O)CCCCCCCCCCCCCCCCCCCCCCC. The molecule has 2 unspecified atom stereocenters. The van der Waals surface area contributed by atoms with E-state index < -0.39 is 97.5 Å². The number of hydrogen-bond acceptors (Lipinski definition) is 15. The molecule has 0 saturated heterocycles. The third kappa shape index (κ3) is 87.9. The zero-order chi connectivity index (χ0) is 83.4. The highest BCUT2D eigenvalue weighted by molar-refractivity contribution is 7.47. The van der Waals surface area contributed by atoms with Gasteiger partial charge in [-0.1, -0.05) is 465 Å². The summed E-state index contributed by atoms with van der Waals surface area (Å²) in [5, 5.41) is 10.7. The largest absolute Gasteiger partial charge is 0.472 e. The Balaban J connectivity index is 5.20. The van der Waals surface area contributed by atoms with Crippen molar-refractivity contribution in [3.63, 3.8) is 0 Å². The second-order valence-corrected chi connectivity index (χ2v) is 38.0. The third-order valence-electron chi connectivity index (χ3n) is 22.5. The highest BCUT2D eigenvalue weighted by atomic mass is 31.2. The molecule has 0 heterocycles. The minimum atomic E-state index is -4.97. The van der Waals surface area contributed by atoms with Crippen molar-refractivity contribution in [2.24, 2.45) is 11.8 Å². The van der Waals surface area contributed by atoms with Gasteiger partial charge in [0.15, 0.2) is 12.2 Å². The second-order valence-electron chi connectivity index (χ2n) is 35.1. The zero-order valence-corrected chi connectivity index (χ0v) is 77.2. The quantitative estimate of drug-likeness (QED) is 0.0222. The van der Waals surface area contributed by atoms with Gasteiger partial charge in [0.1, 0.15) is 19.3 Å². The number of carbonyl (C=O) groups is 4. The molecule has 0 bridgehead atoms. The lowest BCUT2D eigenvalue weighted by Crippen LogP contribution is -2.30. The number of phosphoric acid groups is 2. The molecule has 0 spiro atoms. The van der Waals surface area contributed by atoms with Crippen LogP contribution in [0.15, 0.2) is 0 Å². The van der Waals surface area contributed by atoms with Crippen LogP contribution in [0, 0.1) is 11.8 Å². The Kier molecular flexibility index (Phi) is 84.6. The molecule has 5 atom stereocenters. The van der Waals surface area contributed by atoms with Gasteiger partial charge >= 0.3 is 39.5 Å². The summed E-state index contributed by atoms with van der Waals surface area (Å²) in [4.78, 5) is 73.5. The predicted octanol–water partition coefficient (Wildman–Crippen LogP) is 29.7. The summed E-state index contributed by atoms with van der Waals surface area (Å²) < 4.78 is 69.1. The lowest BCUT2D eigenvalue weighted by atomic mass is 10.0. The van der Waals surface area contributed by atoms with Crippen LogP contribution in [-0.2, 0) is 65.4 Å². The molecule has 0 saturated carbocycles. The number of phosphoric ester groups is 2. The van der Waals surface area contributed by atoms with Crippen LogP contribution in [0.2, 0.25) is 0 Å². The smallest absolute Gasteiger partial charge is 0.462 e. The van der Waals surface area contributed by atoms with Crippen molar-refractivity contribution in [1.29, 1.82) is 0 Å². The molecule has 0 aromatic carbocycles. The summed E-state index contributed by atoms with van der Waals surface area (Å²) in [7, 11) is -9.94. The Labute approximate surface area is 702 Å². The number of unbranched alkanes of at least 4 members (excludes halogenated alkanes) is 64. The number of aliphatic hydroxyl groups is 1. The standard InChI is InChI=1S/C95H186O17P2/c1-7-9-11-13-15-17-19-21-23-25-27-29-31-33-39-43-47-51-55-61-67-73-79-94(99)111-90(83-105-92(97)77-71-65-59-53-49-45-41-37-35-34-36-40-44-48-52-57-63-69-75-87(3)4)85-109-113(101,102)107-81-89(96)82-108-114(103,104)110-86-91(84-106-93(98)78-72-66-62-56-58-64-70-76-88(5)6)112-95(100)80-74-68-60-54-50-46-42-38-32-30-28-26-24-22-20-18-16-14-12-10-8-2/h87-91,96H,7-86H2,1-6H3,(H,101,102)(H,103,104)/t89-,90-,91-/m1/s1. The van der Waals surface area contributed by atoms with Gasteiger partial charge in [-0.3, -0.25) is 37.3 Å². The maximum Gasteiger partial charge on any atom is 0.472 e. The van der Waals surface area contributed by atoms with Crippen LogP contribution in [0.5, 0.6) is 0 Å². The molecule has 0 fully saturated rings. The number of carbonyl (C=O) groups excluding carboxylic acids is 4. The van der Waals surface area contributed by atoms with E-state index in [0.717, 1.165) is 102 Å². The maximum atomic E-state index is 13.2. The zero-order valence-electron chi connectivity index (χ0n) is 75.4. The molecule has 19 heteroatoms. The molecular formula is C95H186O17P2. The molecule has 0 aliphatic carbocycles. The molecule has 0 amide bonds. The van der Waals surface area contributed by atoms with Gasteiger partial charge < -0.3 is 33.8 Å². The minimum absolute atomic E-state index is 0.108. The van der Waals surface area contributed by atoms with Gasteiger partial charge in [0.2, 0.25) is 0 Å². The Morgan fingerprint density at radius 3 is 0.596 bits per heavy atom. The molecule has 678 valence electrons. The van der Waals surface area contributed by atoms with E-state index in [0.29, 0.717) is 31.6 Å². The van der Waals surface area contributed by atoms with Gasteiger partial charge in [-0.05, 0) is 37.5 Å². The molecule has 0 aliphatic heterocycles. The van der Waals surface area contributed by atoms with Gasteiger partial charge in [-0.15, -0.1) is 0 Å². The average molecular weight is 1660 g/mol. The second kappa shape index (κ2) is 86.0. The minimum Gasteiger partial charge on any atom is -0.462 e. The first-order valence-electron chi connectivity index (χ1n) is 49.0. The van der Waals surface area contributed by atoms with Crippen LogP contribution in [-0.4, -0.2) is 96.7 Å². The average Bonchev–Trinajstić information content (AvgIpc) is 0.898. The van der Waals surface area contributed by atoms with Gasteiger partial charge in [0.25, 0.3) is 0 Å². The van der Waals surface area contributed by atoms with E-state index >= 15 is 0 Å². The third-order valence-corrected chi connectivity index (χ3v) is 24.4. The number of hydrogen-bond donors (Lipinski definition) is 3. The summed E-state index contributed by atoms with van der Waals surface area (Å²) >= 11 is 0. The molecule has 17 nitrogen and oxygen atoms in total. The van der Waals surface area contributed by atoms with Crippen LogP contribution < -0.4 is 0 Å². The summed E-state index contributed by atoms with van der Waals surface area (Å²) in [5.41, 5.74) is 0. The monoisotopic (exact) mass is 1660 g/mol. The van der Waals surface area contributed by atoms with E-state index in [2.05, 4.69) is 41.5 Å². The summed E-state index contributed by atoms with van der Waals surface area (Å²) in [6.45, 7) is 9.70. The van der Waals surface area contributed by atoms with E-state index in [1.54, 1.807) is 0 Å².